The summed E-state index contributed by atoms with van der Waals surface area (Å²) in [5.74, 6) is 0.596. The fraction of sp³-hybridized carbons (Fsp3) is 1.00. The Bertz CT molecular complexity index is 336. The van der Waals surface area contributed by atoms with Gasteiger partial charge in [0.05, 0.1) is 12.2 Å². The van der Waals surface area contributed by atoms with E-state index in [1.54, 1.807) is 0 Å². The van der Waals surface area contributed by atoms with Crippen LogP contribution in [0, 0.1) is 11.3 Å². The summed E-state index contributed by atoms with van der Waals surface area (Å²) in [4.78, 5) is 0. The minimum Gasteiger partial charge on any atom is -0.378 e. The molecule has 3 fully saturated rings. The SMILES string of the molecule is CC1(C)CCCCC1(N)C1CCOC2(CCOC2)C1. The second kappa shape index (κ2) is 4.71. The molecule has 0 radical (unpaired) electrons. The van der Waals surface area contributed by atoms with Crippen LogP contribution in [0.5, 0.6) is 0 Å². The lowest BCUT2D eigenvalue weighted by Crippen LogP contribution is -2.62. The molecule has 1 saturated carbocycles. The molecule has 2 heterocycles. The van der Waals surface area contributed by atoms with E-state index in [1.165, 1.54) is 25.7 Å². The molecule has 3 atom stereocenters. The Labute approximate surface area is 117 Å². The molecule has 3 nitrogen and oxygen atoms in total. The molecular formula is C16H29NO2. The first-order valence-electron chi connectivity index (χ1n) is 7.98. The molecule has 3 unspecified atom stereocenters. The normalized spacial score (nSPS) is 46.6. The van der Waals surface area contributed by atoms with E-state index in [1.807, 2.05) is 0 Å². The van der Waals surface area contributed by atoms with Crippen molar-refractivity contribution in [1.29, 1.82) is 0 Å². The van der Waals surface area contributed by atoms with E-state index < -0.39 is 0 Å². The molecule has 110 valence electrons. The van der Waals surface area contributed by atoms with Crippen molar-refractivity contribution in [2.75, 3.05) is 19.8 Å². The summed E-state index contributed by atoms with van der Waals surface area (Å²) in [6, 6.07) is 0. The Balaban J connectivity index is 1.80. The number of hydrogen-bond acceptors (Lipinski definition) is 3. The zero-order valence-electron chi connectivity index (χ0n) is 12.5. The lowest BCUT2D eigenvalue weighted by molar-refractivity contribution is -0.125. The fourth-order valence-corrected chi connectivity index (χ4v) is 4.64. The van der Waals surface area contributed by atoms with Gasteiger partial charge in [-0.15, -0.1) is 0 Å². The molecular weight excluding hydrogens is 238 g/mol. The highest BCUT2D eigenvalue weighted by molar-refractivity contribution is 5.07. The molecule has 2 N–H and O–H groups in total. The average molecular weight is 267 g/mol. The third kappa shape index (κ3) is 2.24. The van der Waals surface area contributed by atoms with E-state index in [0.29, 0.717) is 5.92 Å². The van der Waals surface area contributed by atoms with Gasteiger partial charge in [-0.25, -0.2) is 0 Å². The number of nitrogens with two attached hydrogens (primary N) is 1. The van der Waals surface area contributed by atoms with E-state index in [-0.39, 0.29) is 16.6 Å². The maximum absolute atomic E-state index is 6.97. The van der Waals surface area contributed by atoms with Crippen LogP contribution in [0.15, 0.2) is 0 Å². The van der Waals surface area contributed by atoms with Crippen LogP contribution in [0.1, 0.15) is 58.8 Å². The zero-order valence-corrected chi connectivity index (χ0v) is 12.5. The molecule has 0 aromatic rings. The standard InChI is InChI=1S/C16H29NO2/c1-14(2)6-3-4-7-16(14,17)13-5-9-19-15(11-13)8-10-18-12-15/h13H,3-12,17H2,1-2H3. The maximum atomic E-state index is 6.97. The van der Waals surface area contributed by atoms with Crippen LogP contribution >= 0.6 is 0 Å². The van der Waals surface area contributed by atoms with Gasteiger partial charge in [0.25, 0.3) is 0 Å². The fourth-order valence-electron chi connectivity index (χ4n) is 4.64. The van der Waals surface area contributed by atoms with Crippen LogP contribution in [0.4, 0.5) is 0 Å². The Kier molecular flexibility index (Phi) is 3.43. The van der Waals surface area contributed by atoms with Gasteiger partial charge < -0.3 is 15.2 Å². The Hall–Kier alpha value is -0.120. The van der Waals surface area contributed by atoms with Crippen molar-refractivity contribution in [1.82, 2.24) is 0 Å². The predicted molar refractivity (Wildman–Crippen MR) is 76.0 cm³/mol. The van der Waals surface area contributed by atoms with Crippen molar-refractivity contribution in [2.24, 2.45) is 17.1 Å². The van der Waals surface area contributed by atoms with Crippen LogP contribution in [0.2, 0.25) is 0 Å². The number of hydrogen-bond donors (Lipinski definition) is 1. The van der Waals surface area contributed by atoms with Crippen molar-refractivity contribution in [2.45, 2.75) is 69.9 Å². The summed E-state index contributed by atoms with van der Waals surface area (Å²) in [5.41, 5.74) is 7.20. The van der Waals surface area contributed by atoms with Gasteiger partial charge in [0.2, 0.25) is 0 Å². The molecule has 0 amide bonds. The summed E-state index contributed by atoms with van der Waals surface area (Å²) in [7, 11) is 0. The van der Waals surface area contributed by atoms with Gasteiger partial charge in [-0.3, -0.25) is 0 Å². The van der Waals surface area contributed by atoms with Crippen molar-refractivity contribution in [3.63, 3.8) is 0 Å². The van der Waals surface area contributed by atoms with Crippen LogP contribution in [-0.2, 0) is 9.47 Å². The third-order valence-corrected chi connectivity index (χ3v) is 6.19. The molecule has 1 aliphatic carbocycles. The highest BCUT2D eigenvalue weighted by Crippen LogP contribution is 2.51. The highest BCUT2D eigenvalue weighted by Gasteiger charge is 2.53. The van der Waals surface area contributed by atoms with E-state index in [2.05, 4.69) is 13.8 Å². The molecule has 0 aromatic heterocycles. The second-order valence-electron chi connectivity index (χ2n) is 7.66. The predicted octanol–water partition coefficient (Wildman–Crippen LogP) is 2.87. The second-order valence-corrected chi connectivity index (χ2v) is 7.66. The minimum atomic E-state index is -0.0111. The smallest absolute Gasteiger partial charge is 0.0940 e. The van der Waals surface area contributed by atoms with Crippen LogP contribution in [-0.4, -0.2) is 31.0 Å². The topological polar surface area (TPSA) is 44.5 Å². The third-order valence-electron chi connectivity index (χ3n) is 6.19. The lowest BCUT2D eigenvalue weighted by Gasteiger charge is -2.55. The highest BCUT2D eigenvalue weighted by atomic mass is 16.6. The van der Waals surface area contributed by atoms with Gasteiger partial charge in [0, 0.05) is 25.2 Å². The van der Waals surface area contributed by atoms with Crippen LogP contribution in [0.25, 0.3) is 0 Å². The molecule has 3 rings (SSSR count). The van der Waals surface area contributed by atoms with Gasteiger partial charge in [0.15, 0.2) is 0 Å². The Morgan fingerprint density at radius 1 is 1.05 bits per heavy atom. The zero-order chi connectivity index (χ0) is 13.6. The van der Waals surface area contributed by atoms with Crippen molar-refractivity contribution in [3.05, 3.63) is 0 Å². The van der Waals surface area contributed by atoms with E-state index in [9.17, 15) is 0 Å². The molecule has 2 saturated heterocycles. The summed E-state index contributed by atoms with van der Waals surface area (Å²) in [6.45, 7) is 7.25. The summed E-state index contributed by atoms with van der Waals surface area (Å²) in [6.07, 6.45) is 8.37. The first-order valence-corrected chi connectivity index (χ1v) is 7.98. The lowest BCUT2D eigenvalue weighted by atomic mass is 9.56. The van der Waals surface area contributed by atoms with Crippen molar-refractivity contribution < 1.29 is 9.47 Å². The Morgan fingerprint density at radius 2 is 1.84 bits per heavy atom. The van der Waals surface area contributed by atoms with E-state index >= 15 is 0 Å². The van der Waals surface area contributed by atoms with E-state index in [4.69, 9.17) is 15.2 Å². The van der Waals surface area contributed by atoms with Crippen molar-refractivity contribution >= 4 is 0 Å². The van der Waals surface area contributed by atoms with Crippen LogP contribution < -0.4 is 5.73 Å². The van der Waals surface area contributed by atoms with Gasteiger partial charge in [-0.2, -0.15) is 0 Å². The monoisotopic (exact) mass is 267 g/mol. The molecule has 3 aliphatic rings. The number of ether oxygens (including phenoxy) is 2. The summed E-state index contributed by atoms with van der Waals surface area (Å²) < 4.78 is 11.7. The van der Waals surface area contributed by atoms with Gasteiger partial charge in [0.1, 0.15) is 0 Å². The quantitative estimate of drug-likeness (QED) is 0.794. The van der Waals surface area contributed by atoms with Gasteiger partial charge in [-0.1, -0.05) is 26.7 Å². The number of rotatable bonds is 1. The van der Waals surface area contributed by atoms with Gasteiger partial charge >= 0.3 is 0 Å². The van der Waals surface area contributed by atoms with Crippen LogP contribution in [0.3, 0.4) is 0 Å². The molecule has 0 bridgehead atoms. The first kappa shape index (κ1) is 13.8. The molecule has 19 heavy (non-hydrogen) atoms. The molecule has 3 heteroatoms. The average Bonchev–Trinajstić information content (AvgIpc) is 2.81. The van der Waals surface area contributed by atoms with Crippen molar-refractivity contribution in [3.8, 4) is 0 Å². The molecule has 2 aliphatic heterocycles. The molecule has 0 aromatic carbocycles. The maximum Gasteiger partial charge on any atom is 0.0940 e. The summed E-state index contributed by atoms with van der Waals surface area (Å²) >= 11 is 0. The summed E-state index contributed by atoms with van der Waals surface area (Å²) in [5, 5.41) is 0. The largest absolute Gasteiger partial charge is 0.378 e. The first-order chi connectivity index (χ1) is 8.98. The van der Waals surface area contributed by atoms with Gasteiger partial charge in [-0.05, 0) is 37.0 Å². The Morgan fingerprint density at radius 3 is 2.53 bits per heavy atom. The molecule has 1 spiro atoms. The van der Waals surface area contributed by atoms with E-state index in [0.717, 1.165) is 39.1 Å². The minimum absolute atomic E-state index is 0.00931.